The average molecular weight is 237 g/mol. The van der Waals surface area contributed by atoms with Crippen LogP contribution >= 0.6 is 0 Å². The van der Waals surface area contributed by atoms with Crippen LogP contribution in [-0.4, -0.2) is 17.2 Å². The smallest absolute Gasteiger partial charge is 0.213 e. The summed E-state index contributed by atoms with van der Waals surface area (Å²) in [6.07, 6.45) is 1.20. The molecule has 0 bridgehead atoms. The van der Waals surface area contributed by atoms with Crippen molar-refractivity contribution >= 4 is 0 Å². The van der Waals surface area contributed by atoms with E-state index >= 15 is 0 Å². The third-order valence-electron chi connectivity index (χ3n) is 2.14. The SMILES string of the molecule is CNCc1ccc(OCc2ncon2)c(F)c1. The number of nitrogens with zero attached hydrogens (tertiary/aromatic N) is 2. The zero-order valence-corrected chi connectivity index (χ0v) is 9.31. The lowest BCUT2D eigenvalue weighted by atomic mass is 10.2. The summed E-state index contributed by atoms with van der Waals surface area (Å²) in [7, 11) is 1.80. The summed E-state index contributed by atoms with van der Waals surface area (Å²) >= 11 is 0. The van der Waals surface area contributed by atoms with E-state index in [4.69, 9.17) is 4.74 Å². The number of halogens is 1. The van der Waals surface area contributed by atoms with Crippen LogP contribution in [0, 0.1) is 5.82 Å². The number of ether oxygens (including phenoxy) is 1. The lowest BCUT2D eigenvalue weighted by molar-refractivity contribution is 0.273. The van der Waals surface area contributed by atoms with Crippen molar-refractivity contribution in [3.8, 4) is 5.75 Å². The maximum Gasteiger partial charge on any atom is 0.213 e. The molecule has 90 valence electrons. The molecule has 1 heterocycles. The first-order valence-electron chi connectivity index (χ1n) is 5.10. The van der Waals surface area contributed by atoms with Crippen LogP contribution in [0.15, 0.2) is 29.1 Å². The van der Waals surface area contributed by atoms with E-state index in [1.165, 1.54) is 12.5 Å². The van der Waals surface area contributed by atoms with Crippen LogP contribution in [0.1, 0.15) is 11.4 Å². The molecule has 2 rings (SSSR count). The highest BCUT2D eigenvalue weighted by molar-refractivity contribution is 5.29. The summed E-state index contributed by atoms with van der Waals surface area (Å²) in [6.45, 7) is 0.695. The van der Waals surface area contributed by atoms with Gasteiger partial charge in [-0.05, 0) is 24.7 Å². The molecule has 5 nitrogen and oxygen atoms in total. The van der Waals surface area contributed by atoms with Crippen molar-refractivity contribution in [2.24, 2.45) is 0 Å². The van der Waals surface area contributed by atoms with Crippen molar-refractivity contribution in [2.75, 3.05) is 7.05 Å². The van der Waals surface area contributed by atoms with Gasteiger partial charge in [-0.3, -0.25) is 0 Å². The molecule has 0 saturated heterocycles. The van der Waals surface area contributed by atoms with Gasteiger partial charge in [0.15, 0.2) is 18.2 Å². The molecule has 2 aromatic rings. The monoisotopic (exact) mass is 237 g/mol. The van der Waals surface area contributed by atoms with Crippen molar-refractivity contribution in [3.05, 3.63) is 41.8 Å². The van der Waals surface area contributed by atoms with Gasteiger partial charge in [0.25, 0.3) is 0 Å². The lowest BCUT2D eigenvalue weighted by Gasteiger charge is -2.06. The first kappa shape index (κ1) is 11.5. The van der Waals surface area contributed by atoms with E-state index in [9.17, 15) is 4.39 Å². The number of hydrogen-bond donors (Lipinski definition) is 1. The van der Waals surface area contributed by atoms with E-state index < -0.39 is 5.82 Å². The number of benzene rings is 1. The zero-order chi connectivity index (χ0) is 12.1. The number of aromatic nitrogens is 2. The number of nitrogens with one attached hydrogen (secondary N) is 1. The van der Waals surface area contributed by atoms with Crippen LogP contribution in [0.4, 0.5) is 4.39 Å². The van der Waals surface area contributed by atoms with Crippen LogP contribution < -0.4 is 10.1 Å². The molecule has 0 atom stereocenters. The standard InChI is InChI=1S/C11H12FN3O2/c1-13-5-8-2-3-10(9(12)4-8)16-6-11-14-7-17-15-11/h2-4,7,13H,5-6H2,1H3. The molecule has 17 heavy (non-hydrogen) atoms. The molecule has 0 radical (unpaired) electrons. The molecule has 0 spiro atoms. The third-order valence-corrected chi connectivity index (χ3v) is 2.14. The zero-order valence-electron chi connectivity index (χ0n) is 9.31. The Morgan fingerprint density at radius 1 is 1.47 bits per heavy atom. The fraction of sp³-hybridized carbons (Fsp3) is 0.273. The summed E-state index contributed by atoms with van der Waals surface area (Å²) in [6, 6.07) is 4.81. The Bertz CT molecular complexity index is 474. The fourth-order valence-corrected chi connectivity index (χ4v) is 1.37. The Morgan fingerprint density at radius 2 is 2.35 bits per heavy atom. The van der Waals surface area contributed by atoms with Gasteiger partial charge in [-0.25, -0.2) is 4.39 Å². The van der Waals surface area contributed by atoms with Crippen LogP contribution in [0.5, 0.6) is 5.75 Å². The summed E-state index contributed by atoms with van der Waals surface area (Å²) in [5, 5.41) is 6.51. The molecular formula is C11H12FN3O2. The van der Waals surface area contributed by atoms with Gasteiger partial charge in [0, 0.05) is 6.54 Å². The van der Waals surface area contributed by atoms with Crippen LogP contribution in [-0.2, 0) is 13.2 Å². The van der Waals surface area contributed by atoms with Crippen LogP contribution in [0.2, 0.25) is 0 Å². The van der Waals surface area contributed by atoms with E-state index in [0.29, 0.717) is 12.4 Å². The summed E-state index contributed by atoms with van der Waals surface area (Å²) in [5.41, 5.74) is 0.858. The third kappa shape index (κ3) is 3.01. The molecule has 0 aliphatic carbocycles. The Morgan fingerprint density at radius 3 is 3.00 bits per heavy atom. The van der Waals surface area contributed by atoms with Crippen molar-refractivity contribution < 1.29 is 13.7 Å². The average Bonchev–Trinajstić information content (AvgIpc) is 2.81. The Balaban J connectivity index is 2.01. The Labute approximate surface area is 97.6 Å². The van der Waals surface area contributed by atoms with Gasteiger partial charge in [-0.1, -0.05) is 11.2 Å². The molecule has 0 aliphatic heterocycles. The highest BCUT2D eigenvalue weighted by Gasteiger charge is 2.06. The molecule has 0 unspecified atom stereocenters. The molecule has 6 heteroatoms. The second-order valence-electron chi connectivity index (χ2n) is 3.43. The highest BCUT2D eigenvalue weighted by Crippen LogP contribution is 2.19. The van der Waals surface area contributed by atoms with Crippen molar-refractivity contribution in [3.63, 3.8) is 0 Å². The van der Waals surface area contributed by atoms with Gasteiger partial charge in [-0.2, -0.15) is 4.98 Å². The molecule has 0 saturated carbocycles. The van der Waals surface area contributed by atoms with E-state index in [1.54, 1.807) is 19.2 Å². The quantitative estimate of drug-likeness (QED) is 0.854. The molecule has 1 aromatic heterocycles. The van der Waals surface area contributed by atoms with Crippen molar-refractivity contribution in [1.82, 2.24) is 15.5 Å². The van der Waals surface area contributed by atoms with Gasteiger partial charge >= 0.3 is 0 Å². The topological polar surface area (TPSA) is 60.2 Å². The fourth-order valence-electron chi connectivity index (χ4n) is 1.37. The van der Waals surface area contributed by atoms with E-state index in [2.05, 4.69) is 20.0 Å². The highest BCUT2D eigenvalue weighted by atomic mass is 19.1. The Hall–Kier alpha value is -1.95. The maximum absolute atomic E-state index is 13.6. The number of rotatable bonds is 5. The largest absolute Gasteiger partial charge is 0.482 e. The molecule has 1 aromatic carbocycles. The van der Waals surface area contributed by atoms with E-state index in [-0.39, 0.29) is 12.4 Å². The molecule has 0 amide bonds. The first-order valence-corrected chi connectivity index (χ1v) is 5.10. The molecular weight excluding hydrogens is 225 g/mol. The normalized spacial score (nSPS) is 10.5. The predicted octanol–water partition coefficient (Wildman–Crippen LogP) is 1.51. The lowest BCUT2D eigenvalue weighted by Crippen LogP contribution is -2.06. The van der Waals surface area contributed by atoms with Gasteiger partial charge in [0.1, 0.15) is 0 Å². The second kappa shape index (κ2) is 5.40. The second-order valence-corrected chi connectivity index (χ2v) is 3.43. The van der Waals surface area contributed by atoms with Gasteiger partial charge in [0.05, 0.1) is 0 Å². The number of hydrogen-bond acceptors (Lipinski definition) is 5. The molecule has 0 aliphatic rings. The van der Waals surface area contributed by atoms with Crippen LogP contribution in [0.25, 0.3) is 0 Å². The van der Waals surface area contributed by atoms with Gasteiger partial charge < -0.3 is 14.6 Å². The maximum atomic E-state index is 13.6. The summed E-state index contributed by atoms with van der Waals surface area (Å²) < 4.78 is 23.4. The van der Waals surface area contributed by atoms with Gasteiger partial charge in [0.2, 0.25) is 12.2 Å². The molecule has 1 N–H and O–H groups in total. The van der Waals surface area contributed by atoms with Crippen molar-refractivity contribution in [1.29, 1.82) is 0 Å². The first-order chi connectivity index (χ1) is 8.29. The summed E-state index contributed by atoms with van der Waals surface area (Å²) in [4.78, 5) is 3.77. The van der Waals surface area contributed by atoms with Crippen molar-refractivity contribution in [2.45, 2.75) is 13.2 Å². The summed E-state index contributed by atoms with van der Waals surface area (Å²) in [5.74, 6) is 0.152. The minimum atomic E-state index is -0.402. The van der Waals surface area contributed by atoms with Crippen LogP contribution in [0.3, 0.4) is 0 Å². The van der Waals surface area contributed by atoms with Gasteiger partial charge in [-0.15, -0.1) is 0 Å². The van der Waals surface area contributed by atoms with E-state index in [1.807, 2.05) is 0 Å². The Kier molecular flexibility index (Phi) is 3.66. The minimum Gasteiger partial charge on any atom is -0.482 e. The van der Waals surface area contributed by atoms with E-state index in [0.717, 1.165) is 5.56 Å². The minimum absolute atomic E-state index is 0.0821. The predicted molar refractivity (Wildman–Crippen MR) is 57.8 cm³/mol. The molecule has 0 fully saturated rings.